The fraction of sp³-hybridized carbons (Fsp3) is 0.500. The smallest absolute Gasteiger partial charge is 0.209 e. The molecule has 0 amide bonds. The van der Waals surface area contributed by atoms with E-state index in [0.717, 1.165) is 49.3 Å². The fourth-order valence-corrected chi connectivity index (χ4v) is 3.32. The van der Waals surface area contributed by atoms with Crippen molar-refractivity contribution < 1.29 is 4.42 Å². The molecule has 0 saturated carbocycles. The molecule has 0 atom stereocenters. The Kier molecular flexibility index (Phi) is 5.70. The molecule has 2 heterocycles. The van der Waals surface area contributed by atoms with Gasteiger partial charge in [0.05, 0.1) is 12.7 Å². The number of likely N-dealkylation sites (tertiary alicyclic amines) is 1. The number of nitrogens with zero attached hydrogens (tertiary/aromatic N) is 2. The van der Waals surface area contributed by atoms with Crippen LogP contribution in [0.2, 0.25) is 5.02 Å². The van der Waals surface area contributed by atoms with Gasteiger partial charge in [-0.1, -0.05) is 23.7 Å². The van der Waals surface area contributed by atoms with E-state index in [2.05, 4.69) is 15.2 Å². The molecule has 1 aromatic heterocycles. The van der Waals surface area contributed by atoms with Crippen molar-refractivity contribution in [3.05, 3.63) is 41.4 Å². The zero-order valence-corrected chi connectivity index (χ0v) is 14.4. The van der Waals surface area contributed by atoms with Gasteiger partial charge in [-0.25, -0.2) is 4.98 Å². The van der Waals surface area contributed by atoms with Crippen LogP contribution in [0.3, 0.4) is 0 Å². The van der Waals surface area contributed by atoms with Crippen LogP contribution in [0.4, 0.5) is 0 Å². The minimum Gasteiger partial charge on any atom is -0.439 e. The quantitative estimate of drug-likeness (QED) is 0.872. The zero-order chi connectivity index (χ0) is 16.1. The van der Waals surface area contributed by atoms with Crippen molar-refractivity contribution >= 4 is 11.6 Å². The highest BCUT2D eigenvalue weighted by Crippen LogP contribution is 2.25. The Hall–Kier alpha value is -1.36. The fourth-order valence-electron chi connectivity index (χ4n) is 3.13. The van der Waals surface area contributed by atoms with Crippen LogP contribution in [0.1, 0.15) is 25.2 Å². The summed E-state index contributed by atoms with van der Waals surface area (Å²) in [6.07, 6.45) is 5.61. The van der Waals surface area contributed by atoms with Gasteiger partial charge in [-0.15, -0.1) is 0 Å². The second kappa shape index (κ2) is 7.95. The molecule has 0 aliphatic carbocycles. The van der Waals surface area contributed by atoms with Gasteiger partial charge in [0.25, 0.3) is 0 Å². The molecule has 0 radical (unpaired) electrons. The van der Waals surface area contributed by atoms with Crippen LogP contribution in [0, 0.1) is 5.92 Å². The number of halogens is 1. The Morgan fingerprint density at radius 1 is 1.35 bits per heavy atom. The SMILES string of the molecule is CNCCC1CCN(Cc2ncc(-c3cccc(Cl)c3)o2)CC1. The standard InChI is InChI=1S/C18H24ClN3O/c1-20-8-5-14-6-9-22(10-7-14)13-18-21-12-17(23-18)15-3-2-4-16(19)11-15/h2-4,11-12,14,20H,5-10,13H2,1H3. The summed E-state index contributed by atoms with van der Waals surface area (Å²) in [6.45, 7) is 4.17. The summed E-state index contributed by atoms with van der Waals surface area (Å²) in [5.41, 5.74) is 0.974. The Labute approximate surface area is 142 Å². The molecule has 4 nitrogen and oxygen atoms in total. The summed E-state index contributed by atoms with van der Waals surface area (Å²) < 4.78 is 5.90. The number of piperidine rings is 1. The van der Waals surface area contributed by atoms with E-state index >= 15 is 0 Å². The van der Waals surface area contributed by atoms with Crippen LogP contribution >= 0.6 is 11.6 Å². The van der Waals surface area contributed by atoms with Gasteiger partial charge in [0.1, 0.15) is 0 Å². The van der Waals surface area contributed by atoms with Gasteiger partial charge in [0.2, 0.25) is 5.89 Å². The third kappa shape index (κ3) is 4.56. The first-order valence-corrected chi connectivity index (χ1v) is 8.70. The lowest BCUT2D eigenvalue weighted by atomic mass is 9.93. The van der Waals surface area contributed by atoms with Gasteiger partial charge in [0.15, 0.2) is 5.76 Å². The second-order valence-electron chi connectivity index (χ2n) is 6.24. The molecule has 1 aliphatic heterocycles. The molecule has 124 valence electrons. The monoisotopic (exact) mass is 333 g/mol. The van der Waals surface area contributed by atoms with Crippen LogP contribution in [0.5, 0.6) is 0 Å². The number of benzene rings is 1. The zero-order valence-electron chi connectivity index (χ0n) is 13.6. The molecule has 0 spiro atoms. The summed E-state index contributed by atoms with van der Waals surface area (Å²) in [6, 6.07) is 7.68. The van der Waals surface area contributed by atoms with E-state index in [1.807, 2.05) is 31.3 Å². The molecule has 1 fully saturated rings. The molecule has 1 aromatic carbocycles. The molecule has 1 saturated heterocycles. The first kappa shape index (κ1) is 16.5. The lowest BCUT2D eigenvalue weighted by Gasteiger charge is -2.31. The normalized spacial score (nSPS) is 16.8. The maximum atomic E-state index is 6.03. The molecular weight excluding hydrogens is 310 g/mol. The largest absolute Gasteiger partial charge is 0.439 e. The Balaban J connectivity index is 1.54. The van der Waals surface area contributed by atoms with Gasteiger partial charge in [-0.3, -0.25) is 4.90 Å². The number of aromatic nitrogens is 1. The molecule has 5 heteroatoms. The van der Waals surface area contributed by atoms with Crippen LogP contribution in [-0.4, -0.2) is 36.6 Å². The molecule has 2 aromatic rings. The molecule has 1 aliphatic rings. The van der Waals surface area contributed by atoms with Gasteiger partial charge in [-0.2, -0.15) is 0 Å². The highest BCUT2D eigenvalue weighted by atomic mass is 35.5. The second-order valence-corrected chi connectivity index (χ2v) is 6.68. The minimum absolute atomic E-state index is 0.712. The van der Waals surface area contributed by atoms with Crippen molar-refractivity contribution in [2.24, 2.45) is 5.92 Å². The molecule has 0 unspecified atom stereocenters. The summed E-state index contributed by atoms with van der Waals surface area (Å²) in [5.74, 6) is 2.42. The third-order valence-corrected chi connectivity index (χ3v) is 4.77. The highest BCUT2D eigenvalue weighted by Gasteiger charge is 2.20. The number of nitrogens with one attached hydrogen (secondary N) is 1. The van der Waals surface area contributed by atoms with Gasteiger partial charge >= 0.3 is 0 Å². The van der Waals surface area contributed by atoms with Crippen molar-refractivity contribution in [1.82, 2.24) is 15.2 Å². The Bertz CT molecular complexity index is 620. The predicted octanol–water partition coefficient (Wildman–Crippen LogP) is 3.82. The average Bonchev–Trinajstić information content (AvgIpc) is 3.03. The van der Waals surface area contributed by atoms with Gasteiger partial charge in [-0.05, 0) is 64.0 Å². The number of hydrogen-bond donors (Lipinski definition) is 1. The lowest BCUT2D eigenvalue weighted by Crippen LogP contribution is -2.34. The summed E-state index contributed by atoms with van der Waals surface area (Å²) >= 11 is 6.03. The van der Waals surface area contributed by atoms with Crippen LogP contribution in [0.25, 0.3) is 11.3 Å². The lowest BCUT2D eigenvalue weighted by molar-refractivity contribution is 0.160. The van der Waals surface area contributed by atoms with E-state index in [0.29, 0.717) is 5.02 Å². The first-order valence-electron chi connectivity index (χ1n) is 8.32. The van der Waals surface area contributed by atoms with Crippen LogP contribution < -0.4 is 5.32 Å². The number of rotatable bonds is 6. The predicted molar refractivity (Wildman–Crippen MR) is 93.5 cm³/mol. The van der Waals surface area contributed by atoms with Crippen molar-refractivity contribution in [2.75, 3.05) is 26.7 Å². The van der Waals surface area contributed by atoms with Gasteiger partial charge in [0, 0.05) is 10.6 Å². The van der Waals surface area contributed by atoms with E-state index in [1.165, 1.54) is 19.3 Å². The van der Waals surface area contributed by atoms with Crippen molar-refractivity contribution in [2.45, 2.75) is 25.8 Å². The maximum Gasteiger partial charge on any atom is 0.209 e. The van der Waals surface area contributed by atoms with Crippen molar-refractivity contribution in [1.29, 1.82) is 0 Å². The minimum atomic E-state index is 0.712. The molecular formula is C18H24ClN3O. The first-order chi connectivity index (χ1) is 11.2. The highest BCUT2D eigenvalue weighted by molar-refractivity contribution is 6.30. The molecule has 1 N–H and O–H groups in total. The van der Waals surface area contributed by atoms with E-state index in [-0.39, 0.29) is 0 Å². The van der Waals surface area contributed by atoms with Crippen molar-refractivity contribution in [3.63, 3.8) is 0 Å². The molecule has 0 bridgehead atoms. The van der Waals surface area contributed by atoms with Crippen LogP contribution in [0.15, 0.2) is 34.9 Å². The Morgan fingerprint density at radius 2 is 2.17 bits per heavy atom. The van der Waals surface area contributed by atoms with E-state index in [9.17, 15) is 0 Å². The summed E-state index contributed by atoms with van der Waals surface area (Å²) in [7, 11) is 2.02. The third-order valence-electron chi connectivity index (χ3n) is 4.53. The van der Waals surface area contributed by atoms with E-state index < -0.39 is 0 Å². The number of oxazole rings is 1. The topological polar surface area (TPSA) is 41.3 Å². The molecule has 3 rings (SSSR count). The number of hydrogen-bond acceptors (Lipinski definition) is 4. The summed E-state index contributed by atoms with van der Waals surface area (Å²) in [5, 5.41) is 3.95. The van der Waals surface area contributed by atoms with Gasteiger partial charge < -0.3 is 9.73 Å². The van der Waals surface area contributed by atoms with E-state index in [4.69, 9.17) is 16.0 Å². The van der Waals surface area contributed by atoms with Crippen LogP contribution in [-0.2, 0) is 6.54 Å². The van der Waals surface area contributed by atoms with Crippen molar-refractivity contribution in [3.8, 4) is 11.3 Å². The van der Waals surface area contributed by atoms with E-state index in [1.54, 1.807) is 6.20 Å². The maximum absolute atomic E-state index is 6.03. The molecule has 23 heavy (non-hydrogen) atoms. The average molecular weight is 334 g/mol. The summed E-state index contributed by atoms with van der Waals surface area (Å²) in [4.78, 5) is 6.86. The Morgan fingerprint density at radius 3 is 2.91 bits per heavy atom.